The van der Waals surface area contributed by atoms with Gasteiger partial charge >= 0.3 is 0 Å². The summed E-state index contributed by atoms with van der Waals surface area (Å²) in [6.45, 7) is 1.13. The number of aliphatic hydroxyl groups excluding tert-OH is 1. The third-order valence-corrected chi connectivity index (χ3v) is 5.17. The Morgan fingerprint density at radius 3 is 2.66 bits per heavy atom. The lowest BCUT2D eigenvalue weighted by atomic mass is 10.1. The quantitative estimate of drug-likeness (QED) is 0.722. The molecule has 1 N–H and O–H groups in total. The van der Waals surface area contributed by atoms with Gasteiger partial charge in [0.15, 0.2) is 0 Å². The molecule has 29 heavy (non-hydrogen) atoms. The molecule has 6 nitrogen and oxygen atoms in total. The summed E-state index contributed by atoms with van der Waals surface area (Å²) in [5.41, 5.74) is 3.49. The van der Waals surface area contributed by atoms with Crippen molar-refractivity contribution in [2.45, 2.75) is 31.9 Å². The van der Waals surface area contributed by atoms with E-state index in [0.29, 0.717) is 19.5 Å². The predicted molar refractivity (Wildman–Crippen MR) is 106 cm³/mol. The minimum atomic E-state index is -0.462. The first-order valence-corrected chi connectivity index (χ1v) is 9.76. The van der Waals surface area contributed by atoms with Crippen LogP contribution in [-0.2, 0) is 17.8 Å². The summed E-state index contributed by atoms with van der Waals surface area (Å²) in [6.07, 6.45) is 5.01. The number of nitrogens with zero attached hydrogens (tertiary/aromatic N) is 4. The number of likely N-dealkylation sites (tertiary alicyclic amines) is 1. The minimum absolute atomic E-state index is 0.0616. The molecule has 150 valence electrons. The van der Waals surface area contributed by atoms with E-state index in [2.05, 4.69) is 10.1 Å². The fraction of sp³-hybridized carbons (Fsp3) is 0.318. The number of carbonyl (C=O) groups excluding carboxylic acids is 1. The number of rotatable bonds is 5. The second-order valence-electron chi connectivity index (χ2n) is 7.35. The van der Waals surface area contributed by atoms with E-state index in [0.717, 1.165) is 35.4 Å². The van der Waals surface area contributed by atoms with Crippen molar-refractivity contribution in [3.63, 3.8) is 0 Å². The largest absolute Gasteiger partial charge is 0.391 e. The summed E-state index contributed by atoms with van der Waals surface area (Å²) in [7, 11) is 0. The van der Waals surface area contributed by atoms with Crippen LogP contribution in [0.4, 0.5) is 4.39 Å². The van der Waals surface area contributed by atoms with E-state index >= 15 is 0 Å². The van der Waals surface area contributed by atoms with E-state index in [1.165, 1.54) is 12.1 Å². The number of benzene rings is 1. The first kappa shape index (κ1) is 19.3. The van der Waals surface area contributed by atoms with Gasteiger partial charge in [0.05, 0.1) is 11.8 Å². The highest BCUT2D eigenvalue weighted by Crippen LogP contribution is 2.21. The lowest BCUT2D eigenvalue weighted by Crippen LogP contribution is -2.43. The second kappa shape index (κ2) is 8.53. The van der Waals surface area contributed by atoms with E-state index in [9.17, 15) is 14.3 Å². The topological polar surface area (TPSA) is 71.2 Å². The van der Waals surface area contributed by atoms with Crippen LogP contribution in [0.25, 0.3) is 11.3 Å². The van der Waals surface area contributed by atoms with Crippen LogP contribution in [-0.4, -0.2) is 49.9 Å². The minimum Gasteiger partial charge on any atom is -0.391 e. The number of aromatic nitrogens is 3. The van der Waals surface area contributed by atoms with E-state index < -0.39 is 6.10 Å². The molecule has 0 spiro atoms. The molecule has 1 amide bonds. The number of β-amino-alcohol motifs (C(OH)–C–C–N with tert-alkyl or cyclic N) is 1. The average molecular weight is 394 g/mol. The van der Waals surface area contributed by atoms with Crippen LogP contribution in [0.1, 0.15) is 24.1 Å². The molecule has 7 heteroatoms. The molecule has 1 saturated heterocycles. The maximum atomic E-state index is 13.2. The molecule has 3 aromatic rings. The zero-order valence-corrected chi connectivity index (χ0v) is 16.0. The predicted octanol–water partition coefficient (Wildman–Crippen LogP) is 2.66. The SMILES string of the molecule is O=C(Cn1nc(-c2ccncc2)cc1Cc1ccc(F)cc1)N1CCCC(O)C1. The number of hydrogen-bond acceptors (Lipinski definition) is 4. The summed E-state index contributed by atoms with van der Waals surface area (Å²) >= 11 is 0. The zero-order chi connectivity index (χ0) is 20.2. The van der Waals surface area contributed by atoms with Gasteiger partial charge in [-0.1, -0.05) is 12.1 Å². The van der Waals surface area contributed by atoms with Gasteiger partial charge in [0, 0.05) is 43.2 Å². The van der Waals surface area contributed by atoms with E-state index in [1.54, 1.807) is 34.1 Å². The Balaban J connectivity index is 1.60. The Hall–Kier alpha value is -3.06. The van der Waals surface area contributed by atoms with Crippen LogP contribution in [0.2, 0.25) is 0 Å². The monoisotopic (exact) mass is 394 g/mol. The van der Waals surface area contributed by atoms with E-state index in [-0.39, 0.29) is 18.3 Å². The molecule has 1 atom stereocenters. The van der Waals surface area contributed by atoms with Gasteiger partial charge in [0.25, 0.3) is 0 Å². The molecule has 1 aromatic carbocycles. The average Bonchev–Trinajstić information content (AvgIpc) is 3.12. The number of halogens is 1. The molecule has 2 aromatic heterocycles. The second-order valence-corrected chi connectivity index (χ2v) is 7.35. The fourth-order valence-electron chi connectivity index (χ4n) is 3.62. The van der Waals surface area contributed by atoms with Crippen molar-refractivity contribution in [2.75, 3.05) is 13.1 Å². The smallest absolute Gasteiger partial charge is 0.244 e. The van der Waals surface area contributed by atoms with E-state index in [4.69, 9.17) is 0 Å². The first-order valence-electron chi connectivity index (χ1n) is 9.76. The normalized spacial score (nSPS) is 16.8. The molecule has 0 saturated carbocycles. The molecule has 3 heterocycles. The van der Waals surface area contributed by atoms with Crippen molar-refractivity contribution in [1.29, 1.82) is 0 Å². The van der Waals surface area contributed by atoms with Gasteiger partial charge in [-0.15, -0.1) is 0 Å². The highest BCUT2D eigenvalue weighted by molar-refractivity contribution is 5.76. The standard InChI is InChI=1S/C22H23FN4O2/c23-18-5-3-16(4-6-18)12-19-13-21(17-7-9-24-10-8-17)25-27(19)15-22(29)26-11-1-2-20(28)14-26/h3-10,13,20,28H,1-2,11-12,14-15H2. The number of amides is 1. The summed E-state index contributed by atoms with van der Waals surface area (Å²) in [4.78, 5) is 18.5. The van der Waals surface area contributed by atoms with Gasteiger partial charge in [0.1, 0.15) is 12.4 Å². The van der Waals surface area contributed by atoms with Gasteiger partial charge in [-0.25, -0.2) is 4.39 Å². The maximum absolute atomic E-state index is 13.2. The highest BCUT2D eigenvalue weighted by Gasteiger charge is 2.23. The van der Waals surface area contributed by atoms with Gasteiger partial charge in [-0.3, -0.25) is 14.5 Å². The van der Waals surface area contributed by atoms with Crippen molar-refractivity contribution in [3.8, 4) is 11.3 Å². The number of pyridine rings is 1. The number of carbonyl (C=O) groups is 1. The Morgan fingerprint density at radius 2 is 1.93 bits per heavy atom. The van der Waals surface area contributed by atoms with Crippen molar-refractivity contribution in [2.24, 2.45) is 0 Å². The molecular weight excluding hydrogens is 371 g/mol. The van der Waals surface area contributed by atoms with Crippen LogP contribution in [0.3, 0.4) is 0 Å². The maximum Gasteiger partial charge on any atom is 0.244 e. The Morgan fingerprint density at radius 1 is 1.17 bits per heavy atom. The molecule has 4 rings (SSSR count). The Labute approximate surface area is 168 Å². The van der Waals surface area contributed by atoms with Crippen molar-refractivity contribution in [3.05, 3.63) is 71.9 Å². The molecule has 1 unspecified atom stereocenters. The third kappa shape index (κ3) is 4.68. The lowest BCUT2D eigenvalue weighted by molar-refractivity contribution is -0.135. The van der Waals surface area contributed by atoms with Gasteiger partial charge in [-0.2, -0.15) is 5.10 Å². The van der Waals surface area contributed by atoms with Gasteiger partial charge in [0.2, 0.25) is 5.91 Å². The number of hydrogen-bond donors (Lipinski definition) is 1. The third-order valence-electron chi connectivity index (χ3n) is 5.17. The van der Waals surface area contributed by atoms with Crippen molar-refractivity contribution < 1.29 is 14.3 Å². The van der Waals surface area contributed by atoms with Gasteiger partial charge < -0.3 is 10.0 Å². The highest BCUT2D eigenvalue weighted by atomic mass is 19.1. The van der Waals surface area contributed by atoms with Crippen LogP contribution < -0.4 is 0 Å². The fourth-order valence-corrected chi connectivity index (χ4v) is 3.62. The molecule has 0 bridgehead atoms. The molecule has 0 radical (unpaired) electrons. The summed E-state index contributed by atoms with van der Waals surface area (Å²) < 4.78 is 15.0. The lowest BCUT2D eigenvalue weighted by Gasteiger charge is -2.30. The molecule has 1 aliphatic heterocycles. The van der Waals surface area contributed by atoms with E-state index in [1.807, 2.05) is 18.2 Å². The summed E-state index contributed by atoms with van der Waals surface area (Å²) in [5, 5.41) is 14.5. The zero-order valence-electron chi connectivity index (χ0n) is 16.0. The summed E-state index contributed by atoms with van der Waals surface area (Å²) in [6, 6.07) is 12.0. The first-order chi connectivity index (χ1) is 14.1. The van der Waals surface area contributed by atoms with Crippen LogP contribution >= 0.6 is 0 Å². The molecule has 0 aliphatic carbocycles. The Bertz CT molecular complexity index is 972. The van der Waals surface area contributed by atoms with Crippen molar-refractivity contribution >= 4 is 5.91 Å². The molecular formula is C22H23FN4O2. The molecule has 1 aliphatic rings. The summed E-state index contributed by atoms with van der Waals surface area (Å²) in [5.74, 6) is -0.341. The Kier molecular flexibility index (Phi) is 5.67. The van der Waals surface area contributed by atoms with Gasteiger partial charge in [-0.05, 0) is 48.7 Å². The molecule has 1 fully saturated rings. The van der Waals surface area contributed by atoms with Crippen LogP contribution in [0.5, 0.6) is 0 Å². The van der Waals surface area contributed by atoms with Crippen molar-refractivity contribution in [1.82, 2.24) is 19.7 Å². The number of aliphatic hydroxyl groups is 1. The number of piperidine rings is 1. The van der Waals surface area contributed by atoms with Crippen LogP contribution in [0.15, 0.2) is 54.9 Å². The van der Waals surface area contributed by atoms with Crippen LogP contribution in [0, 0.1) is 5.82 Å².